The van der Waals surface area contributed by atoms with Crippen LogP contribution in [0.2, 0.25) is 0 Å². The third-order valence-electron chi connectivity index (χ3n) is 4.45. The second-order valence-electron chi connectivity index (χ2n) is 6.64. The number of aromatic nitrogens is 6. The van der Waals surface area contributed by atoms with E-state index >= 15 is 0 Å². The van der Waals surface area contributed by atoms with Crippen molar-refractivity contribution in [2.24, 2.45) is 0 Å². The van der Waals surface area contributed by atoms with Gasteiger partial charge < -0.3 is 10.1 Å². The van der Waals surface area contributed by atoms with E-state index in [0.29, 0.717) is 17.4 Å². The molecule has 142 valence electrons. The zero-order valence-corrected chi connectivity index (χ0v) is 16.2. The van der Waals surface area contributed by atoms with Crippen molar-refractivity contribution in [3.63, 3.8) is 0 Å². The lowest BCUT2D eigenvalue weighted by molar-refractivity contribution is 0.419. The van der Waals surface area contributed by atoms with Crippen LogP contribution in [-0.4, -0.2) is 36.8 Å². The van der Waals surface area contributed by atoms with Crippen LogP contribution in [0.5, 0.6) is 5.75 Å². The molecule has 0 saturated heterocycles. The van der Waals surface area contributed by atoms with Crippen LogP contribution in [0, 0.1) is 13.8 Å². The summed E-state index contributed by atoms with van der Waals surface area (Å²) in [6.07, 6.45) is 6.96. The van der Waals surface area contributed by atoms with E-state index in [9.17, 15) is 0 Å². The fourth-order valence-electron chi connectivity index (χ4n) is 2.99. The van der Waals surface area contributed by atoms with Gasteiger partial charge in [-0.2, -0.15) is 5.10 Å². The molecular formula is C20H21N7O. The van der Waals surface area contributed by atoms with E-state index < -0.39 is 0 Å². The van der Waals surface area contributed by atoms with Crippen LogP contribution in [0.4, 0.5) is 5.82 Å². The van der Waals surface area contributed by atoms with Gasteiger partial charge in [0.15, 0.2) is 5.82 Å². The third kappa shape index (κ3) is 3.36. The van der Waals surface area contributed by atoms with E-state index in [1.807, 2.05) is 49.8 Å². The van der Waals surface area contributed by atoms with E-state index in [0.717, 1.165) is 27.7 Å². The summed E-state index contributed by atoms with van der Waals surface area (Å²) in [6, 6.07) is 5.84. The maximum atomic E-state index is 5.57. The Morgan fingerprint density at radius 3 is 2.54 bits per heavy atom. The standard InChI is InChI=1S/C20H21N7O/c1-12-9-21-19(22-10-12)15-7-16-18(17(8-15)28-4)23-11-24-20(16)25-14(3)27-6-5-13(2)26-27/h5-11,14H,1-4H3,(H,23,24,25)/t14-/m1/s1. The van der Waals surface area contributed by atoms with E-state index in [-0.39, 0.29) is 6.17 Å². The first kappa shape index (κ1) is 17.8. The molecule has 0 aliphatic carbocycles. The Kier molecular flexibility index (Phi) is 4.60. The number of anilines is 1. The van der Waals surface area contributed by atoms with Gasteiger partial charge in [0, 0.05) is 29.5 Å². The number of methoxy groups -OCH3 is 1. The number of nitrogens with one attached hydrogen (secondary N) is 1. The van der Waals surface area contributed by atoms with Crippen LogP contribution in [0.25, 0.3) is 22.3 Å². The molecule has 1 aromatic carbocycles. The van der Waals surface area contributed by atoms with Crippen molar-refractivity contribution in [3.05, 3.63) is 54.4 Å². The SMILES string of the molecule is COc1cc(-c2ncc(C)cn2)cc2c(N[C@@H](C)n3ccc(C)n3)ncnc12. The smallest absolute Gasteiger partial charge is 0.159 e. The molecule has 0 saturated carbocycles. The van der Waals surface area contributed by atoms with E-state index in [4.69, 9.17) is 4.74 Å². The normalized spacial score (nSPS) is 12.1. The van der Waals surface area contributed by atoms with Gasteiger partial charge in [-0.1, -0.05) is 0 Å². The molecule has 4 rings (SSSR count). The molecule has 8 heteroatoms. The lowest BCUT2D eigenvalue weighted by Gasteiger charge is -2.17. The Bertz CT molecular complexity index is 1120. The third-order valence-corrected chi connectivity index (χ3v) is 4.45. The minimum atomic E-state index is -0.0860. The van der Waals surface area contributed by atoms with Crippen molar-refractivity contribution in [2.45, 2.75) is 26.9 Å². The van der Waals surface area contributed by atoms with Crippen LogP contribution >= 0.6 is 0 Å². The van der Waals surface area contributed by atoms with Crippen LogP contribution in [0.15, 0.2) is 43.1 Å². The molecular weight excluding hydrogens is 354 g/mol. The number of hydrogen-bond donors (Lipinski definition) is 1. The molecule has 0 fully saturated rings. The first-order chi connectivity index (χ1) is 13.5. The van der Waals surface area contributed by atoms with Gasteiger partial charge in [-0.15, -0.1) is 0 Å². The predicted octanol–water partition coefficient (Wildman–Crippen LogP) is 3.54. The number of aryl methyl sites for hydroxylation is 2. The minimum Gasteiger partial charge on any atom is -0.494 e. The Hall–Kier alpha value is -3.55. The van der Waals surface area contributed by atoms with E-state index in [2.05, 4.69) is 30.4 Å². The summed E-state index contributed by atoms with van der Waals surface area (Å²) in [5.74, 6) is 1.96. The molecule has 3 aromatic heterocycles. The van der Waals surface area contributed by atoms with Gasteiger partial charge in [0.2, 0.25) is 0 Å². The lowest BCUT2D eigenvalue weighted by atomic mass is 10.1. The fraction of sp³-hybridized carbons (Fsp3) is 0.250. The molecule has 4 aromatic rings. The minimum absolute atomic E-state index is 0.0860. The molecule has 0 aliphatic heterocycles. The Balaban J connectivity index is 1.80. The largest absolute Gasteiger partial charge is 0.494 e. The molecule has 1 N–H and O–H groups in total. The molecule has 0 bridgehead atoms. The summed E-state index contributed by atoms with van der Waals surface area (Å²) in [4.78, 5) is 17.7. The number of fused-ring (bicyclic) bond motifs is 1. The molecule has 8 nitrogen and oxygen atoms in total. The molecule has 0 spiro atoms. The predicted molar refractivity (Wildman–Crippen MR) is 107 cm³/mol. The van der Waals surface area contributed by atoms with Gasteiger partial charge in [0.05, 0.1) is 12.8 Å². The maximum Gasteiger partial charge on any atom is 0.159 e. The summed E-state index contributed by atoms with van der Waals surface area (Å²) in [6.45, 7) is 5.94. The van der Waals surface area contributed by atoms with Crippen molar-refractivity contribution >= 4 is 16.7 Å². The van der Waals surface area contributed by atoms with Gasteiger partial charge in [-0.3, -0.25) is 4.68 Å². The van der Waals surface area contributed by atoms with Gasteiger partial charge in [0.1, 0.15) is 29.6 Å². The first-order valence-corrected chi connectivity index (χ1v) is 8.95. The summed E-state index contributed by atoms with van der Waals surface area (Å²) in [5, 5.41) is 8.70. The lowest BCUT2D eigenvalue weighted by Crippen LogP contribution is -2.16. The van der Waals surface area contributed by atoms with Gasteiger partial charge in [-0.05, 0) is 44.5 Å². The van der Waals surface area contributed by atoms with E-state index in [1.54, 1.807) is 19.5 Å². The van der Waals surface area contributed by atoms with Crippen molar-refractivity contribution in [1.82, 2.24) is 29.7 Å². The summed E-state index contributed by atoms with van der Waals surface area (Å²) in [5.41, 5.74) is 3.52. The number of nitrogens with zero attached hydrogens (tertiary/aromatic N) is 6. The van der Waals surface area contributed by atoms with Crippen molar-refractivity contribution < 1.29 is 4.74 Å². The number of hydrogen-bond acceptors (Lipinski definition) is 7. The van der Waals surface area contributed by atoms with Crippen LogP contribution in [0.1, 0.15) is 24.3 Å². The Morgan fingerprint density at radius 2 is 1.86 bits per heavy atom. The molecule has 3 heterocycles. The zero-order valence-electron chi connectivity index (χ0n) is 16.2. The summed E-state index contributed by atoms with van der Waals surface area (Å²) >= 11 is 0. The number of benzene rings is 1. The second-order valence-corrected chi connectivity index (χ2v) is 6.64. The zero-order chi connectivity index (χ0) is 19.7. The summed E-state index contributed by atoms with van der Waals surface area (Å²) in [7, 11) is 1.62. The Morgan fingerprint density at radius 1 is 1.07 bits per heavy atom. The maximum absolute atomic E-state index is 5.57. The second kappa shape index (κ2) is 7.22. The average molecular weight is 375 g/mol. The molecule has 1 atom stereocenters. The molecule has 0 radical (unpaired) electrons. The summed E-state index contributed by atoms with van der Waals surface area (Å²) < 4.78 is 7.42. The van der Waals surface area contributed by atoms with Gasteiger partial charge in [-0.25, -0.2) is 19.9 Å². The van der Waals surface area contributed by atoms with Crippen LogP contribution in [-0.2, 0) is 0 Å². The van der Waals surface area contributed by atoms with Crippen molar-refractivity contribution in [2.75, 3.05) is 12.4 Å². The molecule has 28 heavy (non-hydrogen) atoms. The van der Waals surface area contributed by atoms with E-state index in [1.165, 1.54) is 6.33 Å². The molecule has 0 unspecified atom stereocenters. The topological polar surface area (TPSA) is 90.6 Å². The highest BCUT2D eigenvalue weighted by Crippen LogP contribution is 2.33. The number of rotatable bonds is 5. The fourth-order valence-corrected chi connectivity index (χ4v) is 2.99. The van der Waals surface area contributed by atoms with Crippen molar-refractivity contribution in [3.8, 4) is 17.1 Å². The highest BCUT2D eigenvalue weighted by molar-refractivity contribution is 5.96. The quantitative estimate of drug-likeness (QED) is 0.570. The van der Waals surface area contributed by atoms with Gasteiger partial charge >= 0.3 is 0 Å². The van der Waals surface area contributed by atoms with Crippen LogP contribution in [0.3, 0.4) is 0 Å². The highest BCUT2D eigenvalue weighted by Gasteiger charge is 2.15. The monoisotopic (exact) mass is 375 g/mol. The highest BCUT2D eigenvalue weighted by atomic mass is 16.5. The average Bonchev–Trinajstić information content (AvgIpc) is 3.14. The Labute approximate surface area is 162 Å². The number of ether oxygens (including phenoxy) is 1. The molecule has 0 amide bonds. The van der Waals surface area contributed by atoms with Gasteiger partial charge in [0.25, 0.3) is 0 Å². The first-order valence-electron chi connectivity index (χ1n) is 8.95. The van der Waals surface area contributed by atoms with Crippen LogP contribution < -0.4 is 10.1 Å². The molecule has 0 aliphatic rings. The van der Waals surface area contributed by atoms with Crippen molar-refractivity contribution in [1.29, 1.82) is 0 Å².